The predicted molar refractivity (Wildman–Crippen MR) is 84.8 cm³/mol. The molecular weight excluding hydrogens is 322 g/mol. The second-order valence-electron chi connectivity index (χ2n) is 5.47. The highest BCUT2D eigenvalue weighted by Crippen LogP contribution is 2.16. The number of nitrogens with two attached hydrogens (primary N) is 1. The van der Waals surface area contributed by atoms with Gasteiger partial charge in [0.2, 0.25) is 0 Å². The lowest BCUT2D eigenvalue weighted by molar-refractivity contribution is 0.0526. The molecule has 0 aromatic heterocycles. The SMILES string of the molecule is CC(C)(C)OC(=O)NCC(CN)Nc1cccc(Br)c1. The molecule has 0 aliphatic carbocycles. The van der Waals surface area contributed by atoms with Crippen LogP contribution in [-0.2, 0) is 4.74 Å². The van der Waals surface area contributed by atoms with Crippen LogP contribution in [0.1, 0.15) is 20.8 Å². The standard InChI is InChI=1S/C14H22BrN3O2/c1-14(2,3)20-13(19)17-9-12(8-16)18-11-6-4-5-10(15)7-11/h4-7,12,18H,8-9,16H2,1-3H3,(H,17,19). The molecule has 1 aromatic carbocycles. The highest BCUT2D eigenvalue weighted by atomic mass is 79.9. The highest BCUT2D eigenvalue weighted by molar-refractivity contribution is 9.10. The molecule has 4 N–H and O–H groups in total. The molecule has 0 aliphatic heterocycles. The molecule has 20 heavy (non-hydrogen) atoms. The van der Waals surface area contributed by atoms with Crippen LogP contribution in [0.4, 0.5) is 10.5 Å². The highest BCUT2D eigenvalue weighted by Gasteiger charge is 2.17. The Kier molecular flexibility index (Phi) is 6.29. The topological polar surface area (TPSA) is 76.4 Å². The summed E-state index contributed by atoms with van der Waals surface area (Å²) in [5, 5.41) is 5.97. The van der Waals surface area contributed by atoms with E-state index in [1.54, 1.807) is 0 Å². The number of anilines is 1. The van der Waals surface area contributed by atoms with Crippen molar-refractivity contribution in [2.75, 3.05) is 18.4 Å². The van der Waals surface area contributed by atoms with Crippen LogP contribution in [-0.4, -0.2) is 30.8 Å². The lowest BCUT2D eigenvalue weighted by Crippen LogP contribution is -2.42. The van der Waals surface area contributed by atoms with E-state index in [2.05, 4.69) is 26.6 Å². The zero-order valence-corrected chi connectivity index (χ0v) is 13.7. The van der Waals surface area contributed by atoms with Crippen molar-refractivity contribution < 1.29 is 9.53 Å². The molecule has 1 atom stereocenters. The van der Waals surface area contributed by atoms with E-state index in [0.717, 1.165) is 10.2 Å². The van der Waals surface area contributed by atoms with E-state index in [0.29, 0.717) is 13.1 Å². The number of hydrogen-bond acceptors (Lipinski definition) is 4. The maximum Gasteiger partial charge on any atom is 0.407 e. The number of amides is 1. The van der Waals surface area contributed by atoms with E-state index in [4.69, 9.17) is 10.5 Å². The van der Waals surface area contributed by atoms with Crippen LogP contribution in [0.15, 0.2) is 28.7 Å². The van der Waals surface area contributed by atoms with E-state index in [1.165, 1.54) is 0 Å². The summed E-state index contributed by atoms with van der Waals surface area (Å²) in [6.45, 7) is 6.28. The van der Waals surface area contributed by atoms with Crippen LogP contribution in [0, 0.1) is 0 Å². The van der Waals surface area contributed by atoms with E-state index in [1.807, 2.05) is 45.0 Å². The molecule has 0 bridgehead atoms. The first-order valence-corrected chi connectivity index (χ1v) is 7.28. The molecule has 0 saturated heterocycles. The van der Waals surface area contributed by atoms with Crippen molar-refractivity contribution in [1.29, 1.82) is 0 Å². The van der Waals surface area contributed by atoms with E-state index in [-0.39, 0.29) is 6.04 Å². The van der Waals surface area contributed by atoms with Gasteiger partial charge in [0.05, 0.1) is 6.04 Å². The number of halogens is 1. The second kappa shape index (κ2) is 7.50. The zero-order chi connectivity index (χ0) is 15.2. The first-order chi connectivity index (χ1) is 9.30. The normalized spacial score (nSPS) is 12.7. The average molecular weight is 344 g/mol. The van der Waals surface area contributed by atoms with Gasteiger partial charge in [0.1, 0.15) is 5.60 Å². The molecule has 0 radical (unpaired) electrons. The fourth-order valence-corrected chi connectivity index (χ4v) is 1.93. The maximum atomic E-state index is 11.6. The molecule has 0 saturated carbocycles. The van der Waals surface area contributed by atoms with Crippen molar-refractivity contribution >= 4 is 27.7 Å². The first kappa shape index (κ1) is 16.8. The number of benzene rings is 1. The monoisotopic (exact) mass is 343 g/mol. The van der Waals surface area contributed by atoms with Gasteiger partial charge in [0.15, 0.2) is 0 Å². The Morgan fingerprint density at radius 3 is 2.70 bits per heavy atom. The van der Waals surface area contributed by atoms with Crippen LogP contribution in [0.25, 0.3) is 0 Å². The van der Waals surface area contributed by atoms with Crippen molar-refractivity contribution in [2.45, 2.75) is 32.4 Å². The first-order valence-electron chi connectivity index (χ1n) is 6.49. The fraction of sp³-hybridized carbons (Fsp3) is 0.500. The molecular formula is C14H22BrN3O2. The third kappa shape index (κ3) is 6.77. The van der Waals surface area contributed by atoms with Gasteiger partial charge in [0.25, 0.3) is 0 Å². The van der Waals surface area contributed by atoms with Gasteiger partial charge in [-0.05, 0) is 39.0 Å². The molecule has 0 spiro atoms. The van der Waals surface area contributed by atoms with Gasteiger partial charge in [-0.3, -0.25) is 0 Å². The minimum Gasteiger partial charge on any atom is -0.444 e. The molecule has 1 amide bonds. The number of nitrogens with one attached hydrogen (secondary N) is 2. The minimum absolute atomic E-state index is 0.0585. The summed E-state index contributed by atoms with van der Waals surface area (Å²) >= 11 is 3.41. The molecule has 6 heteroatoms. The van der Waals surface area contributed by atoms with Crippen LogP contribution in [0.3, 0.4) is 0 Å². The lowest BCUT2D eigenvalue weighted by Gasteiger charge is -2.22. The molecule has 1 aromatic rings. The summed E-state index contributed by atoms with van der Waals surface area (Å²) in [5.74, 6) is 0. The summed E-state index contributed by atoms with van der Waals surface area (Å²) in [6.07, 6.45) is -0.438. The third-order valence-corrected chi connectivity index (χ3v) is 2.86. The number of carbonyl (C=O) groups is 1. The lowest BCUT2D eigenvalue weighted by atomic mass is 10.2. The number of hydrogen-bond donors (Lipinski definition) is 3. The number of ether oxygens (including phenoxy) is 1. The smallest absolute Gasteiger partial charge is 0.407 e. The fourth-order valence-electron chi connectivity index (χ4n) is 1.53. The summed E-state index contributed by atoms with van der Waals surface area (Å²) in [5.41, 5.74) is 6.15. The summed E-state index contributed by atoms with van der Waals surface area (Å²) < 4.78 is 6.16. The molecule has 5 nitrogen and oxygen atoms in total. The Balaban J connectivity index is 2.46. The Morgan fingerprint density at radius 2 is 2.15 bits per heavy atom. The predicted octanol–water partition coefficient (Wildman–Crippen LogP) is 2.71. The average Bonchev–Trinajstić information content (AvgIpc) is 2.32. The largest absolute Gasteiger partial charge is 0.444 e. The van der Waals surface area contributed by atoms with Crippen molar-refractivity contribution in [2.24, 2.45) is 5.73 Å². The Bertz CT molecular complexity index is 446. The second-order valence-corrected chi connectivity index (χ2v) is 6.39. The van der Waals surface area contributed by atoms with Crippen LogP contribution >= 0.6 is 15.9 Å². The molecule has 112 valence electrons. The van der Waals surface area contributed by atoms with E-state index < -0.39 is 11.7 Å². The third-order valence-electron chi connectivity index (χ3n) is 2.37. The zero-order valence-electron chi connectivity index (χ0n) is 12.1. The number of alkyl carbamates (subject to hydrolysis) is 1. The quantitative estimate of drug-likeness (QED) is 0.768. The Hall–Kier alpha value is -1.27. The molecule has 0 heterocycles. The van der Waals surface area contributed by atoms with E-state index >= 15 is 0 Å². The molecule has 1 rings (SSSR count). The van der Waals surface area contributed by atoms with Crippen LogP contribution < -0.4 is 16.4 Å². The number of rotatable bonds is 5. The van der Waals surface area contributed by atoms with Crippen LogP contribution in [0.5, 0.6) is 0 Å². The summed E-state index contributed by atoms with van der Waals surface area (Å²) in [4.78, 5) is 11.6. The van der Waals surface area contributed by atoms with Crippen molar-refractivity contribution in [3.8, 4) is 0 Å². The van der Waals surface area contributed by atoms with Crippen molar-refractivity contribution in [3.63, 3.8) is 0 Å². The van der Waals surface area contributed by atoms with Gasteiger partial charge in [-0.2, -0.15) is 0 Å². The van der Waals surface area contributed by atoms with Gasteiger partial charge >= 0.3 is 6.09 Å². The van der Waals surface area contributed by atoms with Gasteiger partial charge in [-0.15, -0.1) is 0 Å². The maximum absolute atomic E-state index is 11.6. The van der Waals surface area contributed by atoms with Crippen molar-refractivity contribution in [1.82, 2.24) is 5.32 Å². The Labute approximate surface area is 128 Å². The van der Waals surface area contributed by atoms with E-state index in [9.17, 15) is 4.79 Å². The van der Waals surface area contributed by atoms with Gasteiger partial charge < -0.3 is 21.1 Å². The summed E-state index contributed by atoms with van der Waals surface area (Å²) in [7, 11) is 0. The van der Waals surface area contributed by atoms with Crippen molar-refractivity contribution in [3.05, 3.63) is 28.7 Å². The number of carbonyl (C=O) groups excluding carboxylic acids is 1. The van der Waals surface area contributed by atoms with Gasteiger partial charge in [-0.1, -0.05) is 22.0 Å². The molecule has 0 fully saturated rings. The van der Waals surface area contributed by atoms with Gasteiger partial charge in [-0.25, -0.2) is 4.79 Å². The van der Waals surface area contributed by atoms with Gasteiger partial charge in [0, 0.05) is 23.2 Å². The summed E-state index contributed by atoms with van der Waals surface area (Å²) in [6, 6.07) is 7.72. The Morgan fingerprint density at radius 1 is 1.45 bits per heavy atom. The molecule has 1 unspecified atom stereocenters. The van der Waals surface area contributed by atoms with Crippen LogP contribution in [0.2, 0.25) is 0 Å². The minimum atomic E-state index is -0.500. The molecule has 0 aliphatic rings.